The summed E-state index contributed by atoms with van der Waals surface area (Å²) in [5.74, 6) is 0.806. The summed E-state index contributed by atoms with van der Waals surface area (Å²) in [6, 6.07) is 2.94. The predicted octanol–water partition coefficient (Wildman–Crippen LogP) is 1.44. The first-order valence-electron chi connectivity index (χ1n) is 6.59. The van der Waals surface area contributed by atoms with Crippen LogP contribution in [0.25, 0.3) is 0 Å². The van der Waals surface area contributed by atoms with Gasteiger partial charge in [-0.05, 0) is 43.2 Å². The van der Waals surface area contributed by atoms with E-state index < -0.39 is 5.97 Å². The minimum atomic E-state index is -0.981. The van der Waals surface area contributed by atoms with Gasteiger partial charge in [0.1, 0.15) is 0 Å². The highest BCUT2D eigenvalue weighted by molar-refractivity contribution is 5.87. The Morgan fingerprint density at radius 2 is 2.05 bits per heavy atom. The van der Waals surface area contributed by atoms with Gasteiger partial charge in [-0.2, -0.15) is 0 Å². The molecule has 1 amide bonds. The first kappa shape index (κ1) is 12.1. The summed E-state index contributed by atoms with van der Waals surface area (Å²) >= 11 is 0. The number of nitrogens with zero attached hydrogens (tertiary/aromatic N) is 1. The normalized spacial score (nSPS) is 27.7. The lowest BCUT2D eigenvalue weighted by molar-refractivity contribution is -0.125. The van der Waals surface area contributed by atoms with Crippen LogP contribution in [-0.4, -0.2) is 22.0 Å². The SMILES string of the molecule is O=C(O)c1ccnc(CNC(=O)C2CC3CC3C2)c1. The zero-order valence-electron chi connectivity index (χ0n) is 10.5. The molecule has 2 unspecified atom stereocenters. The molecule has 0 aromatic carbocycles. The molecule has 0 aliphatic heterocycles. The zero-order valence-corrected chi connectivity index (χ0v) is 10.5. The average molecular weight is 260 g/mol. The quantitative estimate of drug-likeness (QED) is 0.858. The Balaban J connectivity index is 1.55. The van der Waals surface area contributed by atoms with Crippen molar-refractivity contribution in [3.63, 3.8) is 0 Å². The summed E-state index contributed by atoms with van der Waals surface area (Å²) < 4.78 is 0. The van der Waals surface area contributed by atoms with Gasteiger partial charge in [0.15, 0.2) is 0 Å². The zero-order chi connectivity index (χ0) is 13.4. The number of hydrogen-bond acceptors (Lipinski definition) is 3. The van der Waals surface area contributed by atoms with Crippen LogP contribution < -0.4 is 5.32 Å². The summed E-state index contributed by atoms with van der Waals surface area (Å²) in [6.45, 7) is 0.297. The first-order valence-corrected chi connectivity index (χ1v) is 6.59. The van der Waals surface area contributed by atoms with Gasteiger partial charge in [-0.1, -0.05) is 0 Å². The third-order valence-electron chi connectivity index (χ3n) is 4.12. The third kappa shape index (κ3) is 2.59. The number of amides is 1. The summed E-state index contributed by atoms with van der Waals surface area (Å²) in [5.41, 5.74) is 0.776. The maximum atomic E-state index is 11.9. The highest BCUT2D eigenvalue weighted by Crippen LogP contribution is 2.54. The number of hydrogen-bond donors (Lipinski definition) is 2. The number of rotatable bonds is 4. The van der Waals surface area contributed by atoms with Crippen molar-refractivity contribution < 1.29 is 14.7 Å². The van der Waals surface area contributed by atoms with E-state index in [1.807, 2.05) is 0 Å². The van der Waals surface area contributed by atoms with Crippen LogP contribution in [-0.2, 0) is 11.3 Å². The second-order valence-electron chi connectivity index (χ2n) is 5.48. The Labute approximate surface area is 111 Å². The van der Waals surface area contributed by atoms with E-state index in [9.17, 15) is 9.59 Å². The molecule has 2 saturated carbocycles. The summed E-state index contributed by atoms with van der Waals surface area (Å²) in [4.78, 5) is 26.8. The fraction of sp³-hybridized carbons (Fsp3) is 0.500. The summed E-state index contributed by atoms with van der Waals surface area (Å²) in [7, 11) is 0. The van der Waals surface area contributed by atoms with E-state index in [4.69, 9.17) is 5.11 Å². The Morgan fingerprint density at radius 3 is 2.74 bits per heavy atom. The molecule has 100 valence electrons. The molecule has 1 heterocycles. The Kier molecular flexibility index (Phi) is 2.97. The fourth-order valence-electron chi connectivity index (χ4n) is 2.96. The highest BCUT2D eigenvalue weighted by atomic mass is 16.4. The van der Waals surface area contributed by atoms with Crippen LogP contribution in [0, 0.1) is 17.8 Å². The van der Waals surface area contributed by atoms with Gasteiger partial charge in [0.2, 0.25) is 5.91 Å². The molecule has 5 nitrogen and oxygen atoms in total. The highest BCUT2D eigenvalue weighted by Gasteiger charge is 2.47. The van der Waals surface area contributed by atoms with Crippen molar-refractivity contribution in [3.05, 3.63) is 29.6 Å². The maximum Gasteiger partial charge on any atom is 0.335 e. The van der Waals surface area contributed by atoms with Crippen molar-refractivity contribution in [2.24, 2.45) is 17.8 Å². The largest absolute Gasteiger partial charge is 0.478 e. The monoisotopic (exact) mass is 260 g/mol. The topological polar surface area (TPSA) is 79.3 Å². The summed E-state index contributed by atoms with van der Waals surface area (Å²) in [6.07, 6.45) is 4.78. The Hall–Kier alpha value is -1.91. The molecule has 2 fully saturated rings. The molecule has 0 radical (unpaired) electrons. The molecule has 2 N–H and O–H groups in total. The number of nitrogens with one attached hydrogen (secondary N) is 1. The van der Waals surface area contributed by atoms with Gasteiger partial charge >= 0.3 is 5.97 Å². The van der Waals surface area contributed by atoms with Crippen molar-refractivity contribution in [1.29, 1.82) is 0 Å². The third-order valence-corrected chi connectivity index (χ3v) is 4.12. The molecule has 5 heteroatoms. The van der Waals surface area contributed by atoms with Crippen LogP contribution in [0.1, 0.15) is 35.3 Å². The first-order chi connectivity index (χ1) is 9.13. The van der Waals surface area contributed by atoms with E-state index in [2.05, 4.69) is 10.3 Å². The maximum absolute atomic E-state index is 11.9. The molecule has 1 aromatic heterocycles. The van der Waals surface area contributed by atoms with Gasteiger partial charge < -0.3 is 10.4 Å². The van der Waals surface area contributed by atoms with E-state index in [1.165, 1.54) is 24.8 Å². The van der Waals surface area contributed by atoms with Crippen LogP contribution in [0.4, 0.5) is 0 Å². The number of carboxylic acids is 1. The minimum Gasteiger partial charge on any atom is -0.478 e. The van der Waals surface area contributed by atoms with Crippen molar-refractivity contribution in [1.82, 2.24) is 10.3 Å². The lowest BCUT2D eigenvalue weighted by atomic mass is 10.0. The molecule has 0 spiro atoms. The number of fused-ring (bicyclic) bond motifs is 1. The molecular formula is C14H16N2O3. The van der Waals surface area contributed by atoms with E-state index in [-0.39, 0.29) is 17.4 Å². The van der Waals surface area contributed by atoms with Crippen molar-refractivity contribution in [3.8, 4) is 0 Å². The second-order valence-corrected chi connectivity index (χ2v) is 5.48. The second kappa shape index (κ2) is 4.64. The molecule has 0 saturated heterocycles. The van der Waals surface area contributed by atoms with Crippen LogP contribution in [0.5, 0.6) is 0 Å². The van der Waals surface area contributed by atoms with Gasteiger partial charge in [-0.15, -0.1) is 0 Å². The van der Waals surface area contributed by atoms with Gasteiger partial charge in [-0.3, -0.25) is 9.78 Å². The van der Waals surface area contributed by atoms with Crippen molar-refractivity contribution in [2.75, 3.05) is 0 Å². The number of carboxylic acid groups (broad SMARTS) is 1. The molecule has 0 bridgehead atoms. The number of aromatic carboxylic acids is 1. The molecule has 2 atom stereocenters. The molecule has 2 aliphatic carbocycles. The van der Waals surface area contributed by atoms with E-state index in [0.717, 1.165) is 24.7 Å². The van der Waals surface area contributed by atoms with Crippen molar-refractivity contribution in [2.45, 2.75) is 25.8 Å². The number of pyridine rings is 1. The number of aromatic nitrogens is 1. The standard InChI is InChI=1S/C14H16N2O3/c17-13(11-4-9-3-10(9)5-11)16-7-12-6-8(14(18)19)1-2-15-12/h1-2,6,9-11H,3-5,7H2,(H,16,17)(H,18,19). The van der Waals surface area contributed by atoms with Crippen LogP contribution >= 0.6 is 0 Å². The van der Waals surface area contributed by atoms with E-state index in [0.29, 0.717) is 12.2 Å². The summed E-state index contributed by atoms with van der Waals surface area (Å²) in [5, 5.41) is 11.7. The van der Waals surface area contributed by atoms with Crippen LogP contribution in [0.2, 0.25) is 0 Å². The van der Waals surface area contributed by atoms with Crippen LogP contribution in [0.15, 0.2) is 18.3 Å². The van der Waals surface area contributed by atoms with Gasteiger partial charge in [-0.25, -0.2) is 4.79 Å². The van der Waals surface area contributed by atoms with Crippen molar-refractivity contribution >= 4 is 11.9 Å². The predicted molar refractivity (Wildman–Crippen MR) is 67.4 cm³/mol. The Bertz CT molecular complexity index is 519. The molecule has 19 heavy (non-hydrogen) atoms. The van der Waals surface area contributed by atoms with Gasteiger partial charge in [0.05, 0.1) is 17.8 Å². The van der Waals surface area contributed by atoms with Gasteiger partial charge in [0, 0.05) is 12.1 Å². The minimum absolute atomic E-state index is 0.0785. The van der Waals surface area contributed by atoms with E-state index >= 15 is 0 Å². The van der Waals surface area contributed by atoms with Gasteiger partial charge in [0.25, 0.3) is 0 Å². The lowest BCUT2D eigenvalue weighted by Crippen LogP contribution is -2.29. The fourth-order valence-corrected chi connectivity index (χ4v) is 2.96. The smallest absolute Gasteiger partial charge is 0.335 e. The Morgan fingerprint density at radius 1 is 1.32 bits per heavy atom. The molecule has 2 aliphatic rings. The molecule has 3 rings (SSSR count). The number of carbonyl (C=O) groups excluding carboxylic acids is 1. The van der Waals surface area contributed by atoms with Crippen LogP contribution in [0.3, 0.4) is 0 Å². The molecule has 1 aromatic rings. The average Bonchev–Trinajstić information content (AvgIpc) is 3.03. The number of carbonyl (C=O) groups is 2. The lowest BCUT2D eigenvalue weighted by Gasteiger charge is -2.12. The van der Waals surface area contributed by atoms with E-state index in [1.54, 1.807) is 0 Å². The molecular weight excluding hydrogens is 244 g/mol.